The van der Waals surface area contributed by atoms with Crippen molar-refractivity contribution in [3.8, 4) is 11.3 Å². The Labute approximate surface area is 162 Å². The van der Waals surface area contributed by atoms with E-state index >= 15 is 0 Å². The molecule has 0 aliphatic rings. The zero-order valence-electron chi connectivity index (χ0n) is 14.5. The third kappa shape index (κ3) is 3.16. The Balaban J connectivity index is 1.92. The van der Waals surface area contributed by atoms with E-state index in [4.69, 9.17) is 16.0 Å². The topological polar surface area (TPSA) is 64.2 Å². The van der Waals surface area contributed by atoms with Gasteiger partial charge in [-0.05, 0) is 30.8 Å². The highest BCUT2D eigenvalue weighted by Gasteiger charge is 2.26. The van der Waals surface area contributed by atoms with Crippen molar-refractivity contribution in [3.63, 3.8) is 0 Å². The molecule has 0 spiro atoms. The average Bonchev–Trinajstić information content (AvgIpc) is 3.27. The molecule has 2 heterocycles. The quantitative estimate of drug-likeness (QED) is 0.535. The number of fused-ring (bicyclic) bond motifs is 1. The van der Waals surface area contributed by atoms with Crippen molar-refractivity contribution >= 4 is 32.6 Å². The molecule has 2 aromatic carbocycles. The lowest BCUT2D eigenvalue weighted by molar-refractivity contribution is 0.478. The summed E-state index contributed by atoms with van der Waals surface area (Å²) < 4.78 is 33.5. The van der Waals surface area contributed by atoms with Crippen molar-refractivity contribution < 1.29 is 12.8 Å². The molecule has 27 heavy (non-hydrogen) atoms. The van der Waals surface area contributed by atoms with Crippen LogP contribution in [0.5, 0.6) is 0 Å². The van der Waals surface area contributed by atoms with Crippen molar-refractivity contribution in [3.05, 3.63) is 77.4 Å². The van der Waals surface area contributed by atoms with Gasteiger partial charge in [-0.15, -0.1) is 0 Å². The molecule has 0 unspecified atom stereocenters. The molecule has 4 aromatic rings. The Morgan fingerprint density at radius 2 is 1.81 bits per heavy atom. The predicted molar refractivity (Wildman–Crippen MR) is 106 cm³/mol. The van der Waals surface area contributed by atoms with E-state index in [1.165, 1.54) is 3.97 Å². The molecule has 0 atom stereocenters. The fraction of sp³-hybridized carbons (Fsp3) is 0.100. The number of aromatic nitrogens is 1. The number of benzene rings is 2. The van der Waals surface area contributed by atoms with Gasteiger partial charge < -0.3 is 9.73 Å². The van der Waals surface area contributed by atoms with Gasteiger partial charge in [-0.2, -0.15) is 8.42 Å². The van der Waals surface area contributed by atoms with Gasteiger partial charge in [0.1, 0.15) is 5.58 Å². The molecule has 0 bridgehead atoms. The van der Waals surface area contributed by atoms with Gasteiger partial charge in [-0.25, -0.2) is 3.97 Å². The Kier molecular flexibility index (Phi) is 4.55. The van der Waals surface area contributed by atoms with Crippen LogP contribution >= 0.6 is 11.6 Å². The van der Waals surface area contributed by atoms with Crippen LogP contribution in [0.2, 0.25) is 5.02 Å². The normalized spacial score (nSPS) is 11.9. The summed E-state index contributed by atoms with van der Waals surface area (Å²) in [5.74, 6) is 0. The number of nitrogens with zero attached hydrogens (tertiary/aromatic N) is 1. The van der Waals surface area contributed by atoms with Crippen LogP contribution in [0.1, 0.15) is 5.56 Å². The second-order valence-corrected chi connectivity index (χ2v) is 8.30. The lowest BCUT2D eigenvalue weighted by Crippen LogP contribution is -2.13. The molecular formula is C20H17ClN2O3S. The monoisotopic (exact) mass is 400 g/mol. The van der Waals surface area contributed by atoms with Crippen molar-refractivity contribution in [2.75, 3.05) is 7.05 Å². The average molecular weight is 401 g/mol. The van der Waals surface area contributed by atoms with E-state index in [9.17, 15) is 8.42 Å². The van der Waals surface area contributed by atoms with E-state index in [-0.39, 0.29) is 5.09 Å². The highest BCUT2D eigenvalue weighted by molar-refractivity contribution is 7.89. The van der Waals surface area contributed by atoms with E-state index in [0.29, 0.717) is 28.4 Å². The highest BCUT2D eigenvalue weighted by atomic mass is 35.5. The second kappa shape index (κ2) is 6.88. The first-order valence-corrected chi connectivity index (χ1v) is 10.2. The molecule has 0 amide bonds. The van der Waals surface area contributed by atoms with Crippen LogP contribution in [0.25, 0.3) is 22.2 Å². The predicted octanol–water partition coefficient (Wildman–Crippen LogP) is 4.51. The summed E-state index contributed by atoms with van der Waals surface area (Å²) in [6.45, 7) is 0.528. The van der Waals surface area contributed by atoms with Crippen LogP contribution < -0.4 is 5.32 Å². The minimum Gasteiger partial charge on any atom is -0.443 e. The van der Waals surface area contributed by atoms with Crippen molar-refractivity contribution in [1.82, 2.24) is 9.29 Å². The first-order chi connectivity index (χ1) is 13.0. The maximum Gasteiger partial charge on any atom is 0.301 e. The fourth-order valence-corrected chi connectivity index (χ4v) is 4.62. The molecule has 2 aromatic heterocycles. The van der Waals surface area contributed by atoms with Crippen LogP contribution in [-0.2, 0) is 16.6 Å². The van der Waals surface area contributed by atoms with Gasteiger partial charge in [0, 0.05) is 34.8 Å². The van der Waals surface area contributed by atoms with Gasteiger partial charge in [0.05, 0.1) is 5.69 Å². The highest BCUT2D eigenvalue weighted by Crippen LogP contribution is 2.33. The van der Waals surface area contributed by atoms with Crippen LogP contribution in [0, 0.1) is 0 Å². The maximum absolute atomic E-state index is 13.3. The molecular weight excluding hydrogens is 384 g/mol. The zero-order chi connectivity index (χ0) is 19.0. The molecule has 4 rings (SSSR count). The number of rotatable bonds is 5. The number of nitrogens with one attached hydrogen (secondary N) is 1. The number of hydrogen-bond acceptors (Lipinski definition) is 4. The van der Waals surface area contributed by atoms with E-state index in [1.54, 1.807) is 49.6 Å². The van der Waals surface area contributed by atoms with Gasteiger partial charge in [-0.3, -0.25) is 0 Å². The van der Waals surface area contributed by atoms with E-state index in [2.05, 4.69) is 5.32 Å². The molecule has 0 aliphatic heterocycles. The van der Waals surface area contributed by atoms with E-state index < -0.39 is 10.0 Å². The Morgan fingerprint density at radius 1 is 1.07 bits per heavy atom. The standard InChI is InChI=1S/C20H17ClN2O3S/c1-22-12-14-10-18(16-7-3-4-8-17(16)21)23(13-14)27(24,25)20-11-15-6-2-5-9-19(15)26-20/h2-11,13,22H,12H2,1H3. The van der Waals surface area contributed by atoms with Crippen molar-refractivity contribution in [2.24, 2.45) is 0 Å². The first-order valence-electron chi connectivity index (χ1n) is 8.35. The molecule has 0 aliphatic carbocycles. The maximum atomic E-state index is 13.3. The van der Waals surface area contributed by atoms with Gasteiger partial charge in [0.2, 0.25) is 5.09 Å². The molecule has 5 nitrogen and oxygen atoms in total. The van der Waals surface area contributed by atoms with Crippen molar-refractivity contribution in [2.45, 2.75) is 11.6 Å². The minimum absolute atomic E-state index is 0.108. The lowest BCUT2D eigenvalue weighted by atomic mass is 10.1. The Hall–Kier alpha value is -2.54. The van der Waals surface area contributed by atoms with Gasteiger partial charge in [0.15, 0.2) is 0 Å². The van der Waals surface area contributed by atoms with Crippen LogP contribution in [0.15, 0.2) is 76.4 Å². The number of para-hydroxylation sites is 1. The van der Waals surface area contributed by atoms with Crippen molar-refractivity contribution in [1.29, 1.82) is 0 Å². The summed E-state index contributed by atoms with van der Waals surface area (Å²) in [5.41, 5.74) is 2.48. The number of halogens is 1. The molecule has 0 saturated carbocycles. The third-order valence-corrected chi connectivity index (χ3v) is 6.15. The van der Waals surface area contributed by atoms with Crippen LogP contribution in [0.3, 0.4) is 0 Å². The Morgan fingerprint density at radius 3 is 2.56 bits per heavy atom. The molecule has 1 N–H and O–H groups in total. The van der Waals surface area contributed by atoms with E-state index in [1.807, 2.05) is 24.3 Å². The zero-order valence-corrected chi connectivity index (χ0v) is 16.1. The largest absolute Gasteiger partial charge is 0.443 e. The summed E-state index contributed by atoms with van der Waals surface area (Å²) in [6.07, 6.45) is 1.59. The SMILES string of the molecule is CNCc1cc(-c2ccccc2Cl)n(S(=O)(=O)c2cc3ccccc3o2)c1. The molecule has 0 fully saturated rings. The number of furan rings is 1. The smallest absolute Gasteiger partial charge is 0.301 e. The summed E-state index contributed by atoms with van der Waals surface area (Å²) in [7, 11) is -2.12. The lowest BCUT2D eigenvalue weighted by Gasteiger charge is -2.09. The summed E-state index contributed by atoms with van der Waals surface area (Å²) in [4.78, 5) is 0. The van der Waals surface area contributed by atoms with E-state index in [0.717, 1.165) is 10.9 Å². The molecule has 0 radical (unpaired) electrons. The van der Waals surface area contributed by atoms with Gasteiger partial charge in [0.25, 0.3) is 0 Å². The molecule has 0 saturated heterocycles. The van der Waals surface area contributed by atoms with Crippen LogP contribution in [-0.4, -0.2) is 19.4 Å². The summed E-state index contributed by atoms with van der Waals surface area (Å²) in [5, 5.41) is 4.14. The fourth-order valence-electron chi connectivity index (χ4n) is 3.04. The van der Waals surface area contributed by atoms with Gasteiger partial charge >= 0.3 is 10.0 Å². The molecule has 7 heteroatoms. The molecule has 138 valence electrons. The summed E-state index contributed by atoms with van der Waals surface area (Å²) >= 11 is 6.33. The van der Waals surface area contributed by atoms with Gasteiger partial charge in [-0.1, -0.05) is 48.0 Å². The van der Waals surface area contributed by atoms with Crippen LogP contribution in [0.4, 0.5) is 0 Å². The number of hydrogen-bond donors (Lipinski definition) is 1. The first kappa shape index (κ1) is 17.9. The minimum atomic E-state index is -3.93. The second-order valence-electron chi connectivity index (χ2n) is 6.15. The summed E-state index contributed by atoms with van der Waals surface area (Å²) in [6, 6.07) is 17.7. The Bertz CT molecular complexity index is 1190. The third-order valence-electron chi connectivity index (χ3n) is 4.29.